The van der Waals surface area contributed by atoms with Gasteiger partial charge in [-0.05, 0) is 37.5 Å². The van der Waals surface area contributed by atoms with Crippen molar-refractivity contribution >= 4 is 17.7 Å². The van der Waals surface area contributed by atoms with Crippen molar-refractivity contribution in [2.75, 3.05) is 32.7 Å². The van der Waals surface area contributed by atoms with Crippen molar-refractivity contribution in [3.05, 3.63) is 34.9 Å². The highest BCUT2D eigenvalue weighted by molar-refractivity contribution is 6.05. The van der Waals surface area contributed by atoms with Crippen molar-refractivity contribution in [1.29, 1.82) is 0 Å². The number of piperidine rings is 1. The third kappa shape index (κ3) is 4.55. The molecule has 8 nitrogen and oxygen atoms in total. The number of carbonyl (C=O) groups is 3. The summed E-state index contributed by atoms with van der Waals surface area (Å²) in [7, 11) is 0. The summed E-state index contributed by atoms with van der Waals surface area (Å²) in [6.07, 6.45) is 0.660. The van der Waals surface area contributed by atoms with Crippen molar-refractivity contribution in [1.82, 2.24) is 25.8 Å². The maximum Gasteiger partial charge on any atom is 0.255 e. The monoisotopic (exact) mass is 413 g/mol. The van der Waals surface area contributed by atoms with Crippen molar-refractivity contribution in [2.24, 2.45) is 0 Å². The summed E-state index contributed by atoms with van der Waals surface area (Å²) in [5, 5.41) is 9.35. The molecule has 30 heavy (non-hydrogen) atoms. The van der Waals surface area contributed by atoms with Crippen LogP contribution >= 0.6 is 0 Å². The third-order valence-electron chi connectivity index (χ3n) is 6.19. The lowest BCUT2D eigenvalue weighted by Crippen LogP contribution is -2.53. The molecular formula is C22H31N5O3. The van der Waals surface area contributed by atoms with Crippen molar-refractivity contribution in [2.45, 2.75) is 51.4 Å². The Morgan fingerprint density at radius 2 is 1.93 bits per heavy atom. The maximum absolute atomic E-state index is 13.0. The molecule has 0 spiro atoms. The molecule has 1 unspecified atom stereocenters. The van der Waals surface area contributed by atoms with Gasteiger partial charge in [-0.25, -0.2) is 0 Å². The molecule has 1 atom stereocenters. The number of rotatable bonds is 6. The molecule has 8 heteroatoms. The highest BCUT2D eigenvalue weighted by Gasteiger charge is 2.39. The van der Waals surface area contributed by atoms with E-state index in [1.54, 1.807) is 4.90 Å². The van der Waals surface area contributed by atoms with Crippen LogP contribution in [-0.2, 0) is 22.7 Å². The number of nitrogens with zero attached hydrogens (tertiary/aromatic N) is 2. The lowest BCUT2D eigenvalue weighted by atomic mass is 10.0. The van der Waals surface area contributed by atoms with Gasteiger partial charge in [-0.1, -0.05) is 12.1 Å². The minimum atomic E-state index is -0.567. The number of fused-ring (bicyclic) bond motifs is 1. The first-order valence-electron chi connectivity index (χ1n) is 10.8. The number of amides is 3. The van der Waals surface area contributed by atoms with Gasteiger partial charge in [0.2, 0.25) is 11.8 Å². The molecule has 2 fully saturated rings. The smallest absolute Gasteiger partial charge is 0.255 e. The predicted molar refractivity (Wildman–Crippen MR) is 113 cm³/mol. The minimum Gasteiger partial charge on any atom is -0.322 e. The second-order valence-corrected chi connectivity index (χ2v) is 9.16. The zero-order valence-corrected chi connectivity index (χ0v) is 17.8. The lowest BCUT2D eigenvalue weighted by Gasteiger charge is -2.36. The van der Waals surface area contributed by atoms with Crippen molar-refractivity contribution in [3.8, 4) is 0 Å². The molecule has 0 aromatic heterocycles. The predicted octanol–water partition coefficient (Wildman–Crippen LogP) is 0.221. The molecule has 3 amide bonds. The zero-order valence-electron chi connectivity index (χ0n) is 17.8. The Hall–Kier alpha value is -2.29. The minimum absolute atomic E-state index is 0.0425. The molecule has 3 N–H and O–H groups in total. The Kier molecular flexibility index (Phi) is 5.90. The van der Waals surface area contributed by atoms with E-state index < -0.39 is 6.04 Å². The van der Waals surface area contributed by atoms with Gasteiger partial charge >= 0.3 is 0 Å². The average Bonchev–Trinajstić information content (AvgIpc) is 3.03. The second-order valence-electron chi connectivity index (χ2n) is 9.16. The second kappa shape index (κ2) is 8.45. The standard InChI is InChI=1S/C22H31N5O3/c1-22(2,14-26-9-7-23-8-10-26)24-12-15-3-4-16-13-27(21(30)17(16)11-15)18-5-6-19(28)25-20(18)29/h3-4,11,18,23-24H,5-10,12-14H2,1-2H3,(H,25,28,29). The average molecular weight is 414 g/mol. The number of carbonyl (C=O) groups excluding carboxylic acids is 3. The van der Waals surface area contributed by atoms with Gasteiger partial charge in [0.1, 0.15) is 6.04 Å². The number of imide groups is 1. The summed E-state index contributed by atoms with van der Waals surface area (Å²) in [6.45, 7) is 10.7. The SMILES string of the molecule is CC(C)(CN1CCNCC1)NCc1ccc2c(c1)C(=O)N(C1CCC(=O)NC1=O)C2. The van der Waals surface area contributed by atoms with Crippen LogP contribution in [-0.4, -0.2) is 71.8 Å². The van der Waals surface area contributed by atoms with Crippen LogP contribution in [0.15, 0.2) is 18.2 Å². The van der Waals surface area contributed by atoms with Gasteiger partial charge < -0.3 is 15.5 Å². The Labute approximate surface area is 177 Å². The first-order chi connectivity index (χ1) is 14.3. The van der Waals surface area contributed by atoms with Crippen LogP contribution in [0.3, 0.4) is 0 Å². The topological polar surface area (TPSA) is 93.8 Å². The van der Waals surface area contributed by atoms with Gasteiger partial charge in [-0.15, -0.1) is 0 Å². The molecule has 2 saturated heterocycles. The van der Waals surface area contributed by atoms with Crippen LogP contribution < -0.4 is 16.0 Å². The molecule has 4 rings (SSSR count). The summed E-state index contributed by atoms with van der Waals surface area (Å²) in [4.78, 5) is 40.6. The van der Waals surface area contributed by atoms with Gasteiger partial charge in [0.15, 0.2) is 0 Å². The van der Waals surface area contributed by atoms with Crippen LogP contribution in [0.2, 0.25) is 0 Å². The van der Waals surface area contributed by atoms with Crippen LogP contribution in [0.25, 0.3) is 0 Å². The molecule has 162 valence electrons. The molecule has 3 aliphatic rings. The van der Waals surface area contributed by atoms with E-state index in [-0.39, 0.29) is 29.7 Å². The third-order valence-corrected chi connectivity index (χ3v) is 6.19. The van der Waals surface area contributed by atoms with E-state index in [1.165, 1.54) is 0 Å². The number of hydrogen-bond donors (Lipinski definition) is 3. The molecule has 0 aliphatic carbocycles. The van der Waals surface area contributed by atoms with Crippen LogP contribution in [0, 0.1) is 0 Å². The molecular weight excluding hydrogens is 382 g/mol. The number of piperazine rings is 1. The van der Waals surface area contributed by atoms with E-state index in [4.69, 9.17) is 0 Å². The Balaban J connectivity index is 1.38. The summed E-state index contributed by atoms with van der Waals surface area (Å²) in [6, 6.07) is 5.41. The molecule has 0 radical (unpaired) electrons. The molecule has 1 aromatic carbocycles. The Morgan fingerprint density at radius 1 is 1.17 bits per heavy atom. The van der Waals surface area contributed by atoms with Crippen LogP contribution in [0.5, 0.6) is 0 Å². The fraction of sp³-hybridized carbons (Fsp3) is 0.591. The molecule has 0 saturated carbocycles. The summed E-state index contributed by atoms with van der Waals surface area (Å²) < 4.78 is 0. The molecule has 1 aromatic rings. The first-order valence-corrected chi connectivity index (χ1v) is 10.8. The maximum atomic E-state index is 13.0. The fourth-order valence-corrected chi connectivity index (χ4v) is 4.54. The van der Waals surface area contributed by atoms with E-state index in [0.717, 1.165) is 43.9 Å². The number of benzene rings is 1. The molecule has 3 aliphatic heterocycles. The number of nitrogens with one attached hydrogen (secondary N) is 3. The lowest BCUT2D eigenvalue weighted by molar-refractivity contribution is -0.136. The van der Waals surface area contributed by atoms with E-state index >= 15 is 0 Å². The van der Waals surface area contributed by atoms with Gasteiger partial charge in [0.05, 0.1) is 0 Å². The quantitative estimate of drug-likeness (QED) is 0.578. The van der Waals surface area contributed by atoms with E-state index in [0.29, 0.717) is 25.1 Å². The van der Waals surface area contributed by atoms with Crippen LogP contribution in [0.4, 0.5) is 0 Å². The van der Waals surface area contributed by atoms with Crippen molar-refractivity contribution < 1.29 is 14.4 Å². The van der Waals surface area contributed by atoms with E-state index in [9.17, 15) is 14.4 Å². The van der Waals surface area contributed by atoms with Gasteiger partial charge in [0.25, 0.3) is 5.91 Å². The number of hydrogen-bond acceptors (Lipinski definition) is 6. The molecule has 3 heterocycles. The normalized spacial score (nSPS) is 22.9. The first kappa shape index (κ1) is 21.0. The van der Waals surface area contributed by atoms with Gasteiger partial charge in [-0.3, -0.25) is 24.6 Å². The highest BCUT2D eigenvalue weighted by Crippen LogP contribution is 2.28. The summed E-state index contributed by atoms with van der Waals surface area (Å²) in [5.41, 5.74) is 2.62. The summed E-state index contributed by atoms with van der Waals surface area (Å²) >= 11 is 0. The Morgan fingerprint density at radius 3 is 2.67 bits per heavy atom. The van der Waals surface area contributed by atoms with Gasteiger partial charge in [0, 0.05) is 63.3 Å². The van der Waals surface area contributed by atoms with Crippen molar-refractivity contribution in [3.63, 3.8) is 0 Å². The zero-order chi connectivity index (χ0) is 21.3. The fourth-order valence-electron chi connectivity index (χ4n) is 4.54. The summed E-state index contributed by atoms with van der Waals surface area (Å²) in [5.74, 6) is -0.761. The van der Waals surface area contributed by atoms with Gasteiger partial charge in [-0.2, -0.15) is 0 Å². The van der Waals surface area contributed by atoms with Crippen LogP contribution in [0.1, 0.15) is 48.2 Å². The van der Waals surface area contributed by atoms with E-state index in [1.807, 2.05) is 18.2 Å². The molecule has 0 bridgehead atoms. The Bertz CT molecular complexity index is 847. The highest BCUT2D eigenvalue weighted by atomic mass is 16.2. The van der Waals surface area contributed by atoms with E-state index in [2.05, 4.69) is 34.7 Å². The largest absolute Gasteiger partial charge is 0.322 e.